The molecule has 25 heavy (non-hydrogen) atoms. The molecule has 0 aliphatic heterocycles. The van der Waals surface area contributed by atoms with Crippen LogP contribution in [0.15, 0.2) is 24.3 Å². The van der Waals surface area contributed by atoms with E-state index < -0.39 is 50.6 Å². The summed E-state index contributed by atoms with van der Waals surface area (Å²) in [4.78, 5) is 0. The van der Waals surface area contributed by atoms with Crippen LogP contribution in [0.4, 0.5) is 22.0 Å². The van der Waals surface area contributed by atoms with E-state index in [-0.39, 0.29) is 0 Å². The van der Waals surface area contributed by atoms with E-state index in [9.17, 15) is 26.9 Å². The summed E-state index contributed by atoms with van der Waals surface area (Å²) >= 11 is 0. The summed E-state index contributed by atoms with van der Waals surface area (Å²) < 4.78 is 82.2. The second kappa shape index (κ2) is 6.92. The van der Waals surface area contributed by atoms with Crippen LogP contribution in [0.2, 0.25) is 0 Å². The first-order valence-corrected chi connectivity index (χ1v) is 8.58. The molecule has 1 rings (SSSR count). The van der Waals surface area contributed by atoms with Crippen LogP contribution >= 0.6 is 0 Å². The molecule has 0 spiro atoms. The third-order valence-corrected chi connectivity index (χ3v) is 5.77. The van der Waals surface area contributed by atoms with Crippen molar-refractivity contribution in [2.75, 3.05) is 0 Å². The molecule has 0 heterocycles. The SMILES string of the molecule is CC(C)(C)S(=O)N[C@](C)(c1ccccc1F)[C@@](C)(F)[C@@H](O)C(F)(F)F. The Bertz CT molecular complexity index is 642. The molecule has 3 nitrogen and oxygen atoms in total. The fraction of sp³-hybridized carbons (Fsp3) is 0.625. The van der Waals surface area contributed by atoms with Gasteiger partial charge in [0.1, 0.15) is 5.82 Å². The molecule has 2 N–H and O–H groups in total. The van der Waals surface area contributed by atoms with Gasteiger partial charge in [-0.05, 0) is 40.7 Å². The van der Waals surface area contributed by atoms with E-state index >= 15 is 4.39 Å². The highest BCUT2D eigenvalue weighted by molar-refractivity contribution is 7.84. The van der Waals surface area contributed by atoms with Gasteiger partial charge in [0.15, 0.2) is 11.8 Å². The molecule has 0 aromatic heterocycles. The van der Waals surface area contributed by atoms with Gasteiger partial charge >= 0.3 is 6.18 Å². The van der Waals surface area contributed by atoms with Crippen molar-refractivity contribution in [3.63, 3.8) is 0 Å². The number of hydrogen-bond donors (Lipinski definition) is 2. The van der Waals surface area contributed by atoms with E-state index in [4.69, 9.17) is 0 Å². The molecule has 1 aromatic carbocycles. The summed E-state index contributed by atoms with van der Waals surface area (Å²) in [6, 6.07) is 4.64. The second-order valence-corrected chi connectivity index (χ2v) is 9.07. The zero-order chi connectivity index (χ0) is 19.8. The van der Waals surface area contributed by atoms with E-state index in [0.29, 0.717) is 6.92 Å². The minimum absolute atomic E-state index is 0.471. The van der Waals surface area contributed by atoms with Crippen molar-refractivity contribution < 1.29 is 31.3 Å². The Kier molecular flexibility index (Phi) is 6.09. The van der Waals surface area contributed by atoms with Crippen molar-refractivity contribution in [3.8, 4) is 0 Å². The van der Waals surface area contributed by atoms with E-state index in [0.717, 1.165) is 19.1 Å². The van der Waals surface area contributed by atoms with Crippen molar-refractivity contribution >= 4 is 11.0 Å². The summed E-state index contributed by atoms with van der Waals surface area (Å²) in [7, 11) is -2.04. The number of halogens is 5. The van der Waals surface area contributed by atoms with Gasteiger partial charge in [0.2, 0.25) is 0 Å². The van der Waals surface area contributed by atoms with Crippen LogP contribution in [0.3, 0.4) is 0 Å². The van der Waals surface area contributed by atoms with E-state index in [1.807, 2.05) is 0 Å². The van der Waals surface area contributed by atoms with Crippen LogP contribution in [-0.4, -0.2) is 32.0 Å². The van der Waals surface area contributed by atoms with Crippen molar-refractivity contribution in [2.45, 2.75) is 62.9 Å². The number of aliphatic hydroxyl groups is 1. The van der Waals surface area contributed by atoms with Gasteiger partial charge in [-0.25, -0.2) is 17.7 Å². The Labute approximate surface area is 146 Å². The highest BCUT2D eigenvalue weighted by atomic mass is 32.2. The standard InChI is InChI=1S/C16H22F5NO2S/c1-13(2,3)25(24)22-15(5,10-8-6-7-9-11(10)17)14(4,18)12(23)16(19,20)21/h6-9,12,22-23H,1-5H3/t12-,14+,15-,25?/m1/s1. The lowest BCUT2D eigenvalue weighted by atomic mass is 9.75. The monoisotopic (exact) mass is 387 g/mol. The minimum Gasteiger partial charge on any atom is -0.381 e. The Morgan fingerprint density at radius 2 is 1.52 bits per heavy atom. The fourth-order valence-corrected chi connectivity index (χ4v) is 3.19. The number of nitrogens with one attached hydrogen (secondary N) is 1. The lowest BCUT2D eigenvalue weighted by Crippen LogP contribution is -2.65. The first-order valence-electron chi connectivity index (χ1n) is 7.43. The molecule has 0 fully saturated rings. The average Bonchev–Trinajstić information content (AvgIpc) is 2.44. The van der Waals surface area contributed by atoms with Gasteiger partial charge in [-0.3, -0.25) is 0 Å². The molecule has 1 aromatic rings. The van der Waals surface area contributed by atoms with Crippen LogP contribution in [0.1, 0.15) is 40.2 Å². The molecule has 0 saturated carbocycles. The van der Waals surface area contributed by atoms with Crippen LogP contribution in [0.5, 0.6) is 0 Å². The number of aliphatic hydroxyl groups excluding tert-OH is 1. The number of alkyl halides is 4. The maximum atomic E-state index is 15.3. The molecule has 0 saturated heterocycles. The molecule has 1 unspecified atom stereocenters. The maximum absolute atomic E-state index is 15.3. The van der Waals surface area contributed by atoms with Crippen molar-refractivity contribution in [2.24, 2.45) is 0 Å². The maximum Gasteiger partial charge on any atom is 0.417 e. The fourth-order valence-electron chi connectivity index (χ4n) is 2.20. The number of hydrogen-bond acceptors (Lipinski definition) is 2. The summed E-state index contributed by atoms with van der Waals surface area (Å²) in [5, 5.41) is 9.56. The molecular formula is C16H22F5NO2S. The van der Waals surface area contributed by atoms with Gasteiger partial charge in [-0.1, -0.05) is 18.2 Å². The van der Waals surface area contributed by atoms with Crippen LogP contribution in [-0.2, 0) is 16.5 Å². The van der Waals surface area contributed by atoms with Gasteiger partial charge in [0, 0.05) is 5.56 Å². The van der Waals surface area contributed by atoms with E-state index in [1.165, 1.54) is 32.9 Å². The first kappa shape index (κ1) is 22.0. The number of benzene rings is 1. The number of rotatable bonds is 5. The van der Waals surface area contributed by atoms with Gasteiger partial charge in [-0.15, -0.1) is 0 Å². The van der Waals surface area contributed by atoms with Gasteiger partial charge < -0.3 is 5.11 Å². The Morgan fingerprint density at radius 1 is 1.04 bits per heavy atom. The highest BCUT2D eigenvalue weighted by Gasteiger charge is 2.61. The molecule has 9 heteroatoms. The van der Waals surface area contributed by atoms with E-state index in [2.05, 4.69) is 4.72 Å². The van der Waals surface area contributed by atoms with Gasteiger partial charge in [0.05, 0.1) is 21.3 Å². The molecule has 4 atom stereocenters. The third-order valence-electron chi connectivity index (χ3n) is 4.07. The topological polar surface area (TPSA) is 49.3 Å². The van der Waals surface area contributed by atoms with Gasteiger partial charge in [-0.2, -0.15) is 13.2 Å². The molecule has 144 valence electrons. The van der Waals surface area contributed by atoms with Crippen LogP contribution in [0.25, 0.3) is 0 Å². The minimum atomic E-state index is -5.29. The molecular weight excluding hydrogens is 365 g/mol. The second-order valence-electron chi connectivity index (χ2n) is 7.11. The lowest BCUT2D eigenvalue weighted by molar-refractivity contribution is -0.251. The quantitative estimate of drug-likeness (QED) is 0.756. The normalized spacial score (nSPS) is 20.4. The van der Waals surface area contributed by atoms with Crippen LogP contribution < -0.4 is 4.72 Å². The smallest absolute Gasteiger partial charge is 0.381 e. The lowest BCUT2D eigenvalue weighted by Gasteiger charge is -2.45. The Morgan fingerprint density at radius 3 is 1.92 bits per heavy atom. The largest absolute Gasteiger partial charge is 0.417 e. The zero-order valence-electron chi connectivity index (χ0n) is 14.5. The summed E-state index contributed by atoms with van der Waals surface area (Å²) in [5.74, 6) is -0.985. The van der Waals surface area contributed by atoms with Crippen molar-refractivity contribution in [1.29, 1.82) is 0 Å². The van der Waals surface area contributed by atoms with E-state index in [1.54, 1.807) is 0 Å². The molecule has 0 aliphatic carbocycles. The molecule has 0 aliphatic rings. The summed E-state index contributed by atoms with van der Waals surface area (Å²) in [5.41, 5.74) is -6.32. The summed E-state index contributed by atoms with van der Waals surface area (Å²) in [6.07, 6.45) is -8.71. The average molecular weight is 387 g/mol. The Hall–Kier alpha value is -1.06. The van der Waals surface area contributed by atoms with Crippen molar-refractivity contribution in [3.05, 3.63) is 35.6 Å². The third kappa shape index (κ3) is 4.38. The highest BCUT2D eigenvalue weighted by Crippen LogP contribution is 2.44. The molecule has 0 bridgehead atoms. The predicted octanol–water partition coefficient (Wildman–Crippen LogP) is 3.74. The predicted molar refractivity (Wildman–Crippen MR) is 86.4 cm³/mol. The zero-order valence-corrected chi connectivity index (χ0v) is 15.4. The Balaban J connectivity index is 3.59. The molecule has 0 amide bonds. The van der Waals surface area contributed by atoms with Crippen molar-refractivity contribution in [1.82, 2.24) is 4.72 Å². The molecule has 0 radical (unpaired) electrons. The van der Waals surface area contributed by atoms with Crippen LogP contribution in [0, 0.1) is 5.82 Å². The summed E-state index contributed by atoms with van der Waals surface area (Å²) in [6.45, 7) is 6.02. The first-order chi connectivity index (χ1) is 11.0. The van der Waals surface area contributed by atoms with Gasteiger partial charge in [0.25, 0.3) is 0 Å².